The third-order valence-corrected chi connectivity index (χ3v) is 4.74. The van der Waals surface area contributed by atoms with Crippen LogP contribution in [0.25, 0.3) is 0 Å². The number of ether oxygens (including phenoxy) is 2. The molecule has 0 unspecified atom stereocenters. The highest BCUT2D eigenvalue weighted by Gasteiger charge is 2.41. The zero-order valence-corrected chi connectivity index (χ0v) is 13.7. The third-order valence-electron chi connectivity index (χ3n) is 3.75. The van der Waals surface area contributed by atoms with E-state index in [-0.39, 0.29) is 17.1 Å². The highest BCUT2D eigenvalue weighted by atomic mass is 32.2. The second-order valence-electron chi connectivity index (χ2n) is 5.20. The molecular weight excluding hydrogens is 344 g/mol. The van der Waals surface area contributed by atoms with Gasteiger partial charge < -0.3 is 19.9 Å². The summed E-state index contributed by atoms with van der Waals surface area (Å²) in [4.78, 5) is 24.0. The monoisotopic (exact) mass is 361 g/mol. The van der Waals surface area contributed by atoms with Crippen LogP contribution in [-0.4, -0.2) is 47.7 Å². The van der Waals surface area contributed by atoms with Crippen LogP contribution in [0.3, 0.4) is 0 Å². The van der Waals surface area contributed by atoms with Crippen molar-refractivity contribution in [3.8, 4) is 11.5 Å². The van der Waals surface area contributed by atoms with E-state index in [1.54, 1.807) is 11.8 Å². The van der Waals surface area contributed by atoms with E-state index < -0.39 is 24.0 Å². The third kappa shape index (κ3) is 4.08. The first-order chi connectivity index (χ1) is 11.4. The van der Waals surface area contributed by atoms with E-state index >= 15 is 0 Å². The molecule has 1 amide bonds. The molecule has 9 heteroatoms. The molecule has 0 atom stereocenters. The van der Waals surface area contributed by atoms with Crippen LogP contribution in [-0.2, 0) is 4.79 Å². The van der Waals surface area contributed by atoms with Crippen molar-refractivity contribution in [2.24, 2.45) is 0 Å². The van der Waals surface area contributed by atoms with Crippen LogP contribution >= 0.6 is 11.8 Å². The molecule has 0 aliphatic carbocycles. The number of hydrogen-bond acceptors (Lipinski definition) is 5. The van der Waals surface area contributed by atoms with Crippen molar-refractivity contribution in [3.63, 3.8) is 0 Å². The molecule has 1 fully saturated rings. The maximum absolute atomic E-state index is 12.5. The summed E-state index contributed by atoms with van der Waals surface area (Å²) in [5.41, 5.74) is -1.32. The quantitative estimate of drug-likeness (QED) is 0.809. The van der Waals surface area contributed by atoms with Crippen LogP contribution in [0.15, 0.2) is 18.2 Å². The number of alkyl halides is 2. The second kappa shape index (κ2) is 7.69. The molecule has 2 rings (SSSR count). The molecule has 0 aromatic heterocycles. The summed E-state index contributed by atoms with van der Waals surface area (Å²) in [7, 11) is 1.28. The number of rotatable bonds is 6. The van der Waals surface area contributed by atoms with Gasteiger partial charge in [-0.3, -0.25) is 4.79 Å². The standard InChI is InChI=1S/C15H17F2NO5S/c1-22-10-3-2-9(8-11(10)23-14(16)17)12(19)18-15(13(20)21)4-6-24-7-5-15/h2-3,8,14H,4-7H2,1H3,(H,18,19)(H,20,21). The molecule has 1 aromatic rings. The average molecular weight is 361 g/mol. The van der Waals surface area contributed by atoms with Gasteiger partial charge in [0.05, 0.1) is 7.11 Å². The van der Waals surface area contributed by atoms with Gasteiger partial charge >= 0.3 is 12.6 Å². The minimum absolute atomic E-state index is 0.0188. The molecule has 1 aromatic carbocycles. The topological polar surface area (TPSA) is 84.9 Å². The molecule has 0 spiro atoms. The number of carbonyl (C=O) groups is 2. The van der Waals surface area contributed by atoms with Crippen LogP contribution in [0.2, 0.25) is 0 Å². The molecule has 132 valence electrons. The molecule has 2 N–H and O–H groups in total. The van der Waals surface area contributed by atoms with E-state index in [4.69, 9.17) is 4.74 Å². The molecule has 24 heavy (non-hydrogen) atoms. The molecular formula is C15H17F2NO5S. The van der Waals surface area contributed by atoms with Crippen LogP contribution in [0.4, 0.5) is 8.78 Å². The summed E-state index contributed by atoms with van der Waals surface area (Å²) in [6, 6.07) is 3.78. The van der Waals surface area contributed by atoms with Gasteiger partial charge in [0.25, 0.3) is 5.91 Å². The number of carboxylic acids is 1. The van der Waals surface area contributed by atoms with Gasteiger partial charge in [-0.2, -0.15) is 20.5 Å². The van der Waals surface area contributed by atoms with Crippen molar-refractivity contribution in [2.75, 3.05) is 18.6 Å². The van der Waals surface area contributed by atoms with Gasteiger partial charge in [0.2, 0.25) is 0 Å². The van der Waals surface area contributed by atoms with Crippen molar-refractivity contribution in [3.05, 3.63) is 23.8 Å². The van der Waals surface area contributed by atoms with Crippen molar-refractivity contribution in [1.82, 2.24) is 5.32 Å². The first-order valence-corrected chi connectivity index (χ1v) is 8.30. The molecule has 0 bridgehead atoms. The Labute approximate surface area is 141 Å². The van der Waals surface area contributed by atoms with Gasteiger partial charge in [-0.25, -0.2) is 4.79 Å². The Morgan fingerprint density at radius 2 is 1.96 bits per heavy atom. The Bertz CT molecular complexity index is 620. The van der Waals surface area contributed by atoms with E-state index in [0.29, 0.717) is 24.3 Å². The predicted octanol–water partition coefficient (Wildman–Crippen LogP) is 2.38. The lowest BCUT2D eigenvalue weighted by atomic mass is 9.92. The van der Waals surface area contributed by atoms with E-state index in [1.807, 2.05) is 0 Å². The lowest BCUT2D eigenvalue weighted by molar-refractivity contribution is -0.144. The van der Waals surface area contributed by atoms with Crippen LogP contribution in [0, 0.1) is 0 Å². The first-order valence-electron chi connectivity index (χ1n) is 7.14. The molecule has 1 aliphatic rings. The number of carboxylic acid groups (broad SMARTS) is 1. The Kier molecular flexibility index (Phi) is 5.87. The van der Waals surface area contributed by atoms with Crippen molar-refractivity contribution in [2.45, 2.75) is 25.0 Å². The number of hydrogen-bond donors (Lipinski definition) is 2. The van der Waals surface area contributed by atoms with Crippen molar-refractivity contribution >= 4 is 23.6 Å². The Balaban J connectivity index is 2.23. The first kappa shape index (κ1) is 18.3. The molecule has 1 aliphatic heterocycles. The summed E-state index contributed by atoms with van der Waals surface area (Å²) in [6.07, 6.45) is 0.602. The zero-order chi connectivity index (χ0) is 17.7. The van der Waals surface area contributed by atoms with E-state index in [2.05, 4.69) is 10.1 Å². The van der Waals surface area contributed by atoms with E-state index in [0.717, 1.165) is 6.07 Å². The van der Waals surface area contributed by atoms with Crippen molar-refractivity contribution < 1.29 is 33.0 Å². The molecule has 1 heterocycles. The fraction of sp³-hybridized carbons (Fsp3) is 0.467. The van der Waals surface area contributed by atoms with Crippen LogP contribution in [0.5, 0.6) is 11.5 Å². The summed E-state index contributed by atoms with van der Waals surface area (Å²) in [6.45, 7) is -3.07. The minimum Gasteiger partial charge on any atom is -0.493 e. The normalized spacial score (nSPS) is 16.5. The van der Waals surface area contributed by atoms with Gasteiger partial charge in [-0.1, -0.05) is 0 Å². The Morgan fingerprint density at radius 3 is 2.50 bits per heavy atom. The fourth-order valence-corrected chi connectivity index (χ4v) is 3.60. The second-order valence-corrected chi connectivity index (χ2v) is 6.42. The van der Waals surface area contributed by atoms with E-state index in [9.17, 15) is 23.5 Å². The Hall–Kier alpha value is -2.03. The minimum atomic E-state index is -3.07. The number of halogens is 2. The highest BCUT2D eigenvalue weighted by Crippen LogP contribution is 2.31. The molecule has 1 saturated heterocycles. The largest absolute Gasteiger partial charge is 0.493 e. The van der Waals surface area contributed by atoms with Crippen LogP contribution in [0.1, 0.15) is 23.2 Å². The maximum atomic E-state index is 12.5. The summed E-state index contributed by atoms with van der Waals surface area (Å²) in [5.74, 6) is -0.762. The average Bonchev–Trinajstić information content (AvgIpc) is 2.55. The smallest absolute Gasteiger partial charge is 0.387 e. The molecule has 0 radical (unpaired) electrons. The summed E-state index contributed by atoms with van der Waals surface area (Å²) < 4.78 is 34.1. The number of amides is 1. The maximum Gasteiger partial charge on any atom is 0.387 e. The number of thioether (sulfide) groups is 1. The van der Waals surface area contributed by atoms with Gasteiger partial charge in [-0.15, -0.1) is 0 Å². The van der Waals surface area contributed by atoms with Crippen molar-refractivity contribution in [1.29, 1.82) is 0 Å². The number of nitrogens with one attached hydrogen (secondary N) is 1. The number of benzene rings is 1. The number of methoxy groups -OCH3 is 1. The Morgan fingerprint density at radius 1 is 1.29 bits per heavy atom. The van der Waals surface area contributed by atoms with Gasteiger partial charge in [0.1, 0.15) is 5.54 Å². The van der Waals surface area contributed by atoms with E-state index in [1.165, 1.54) is 19.2 Å². The van der Waals surface area contributed by atoms with Gasteiger partial charge in [0.15, 0.2) is 11.5 Å². The predicted molar refractivity (Wildman–Crippen MR) is 84.0 cm³/mol. The number of carbonyl (C=O) groups excluding carboxylic acids is 1. The SMILES string of the molecule is COc1ccc(C(=O)NC2(C(=O)O)CCSCC2)cc1OC(F)F. The van der Waals surface area contributed by atoms with Gasteiger partial charge in [0, 0.05) is 5.56 Å². The highest BCUT2D eigenvalue weighted by molar-refractivity contribution is 7.99. The molecule has 0 saturated carbocycles. The molecule has 6 nitrogen and oxygen atoms in total. The zero-order valence-electron chi connectivity index (χ0n) is 12.9. The van der Waals surface area contributed by atoms with Crippen LogP contribution < -0.4 is 14.8 Å². The lowest BCUT2D eigenvalue weighted by Crippen LogP contribution is -2.56. The summed E-state index contributed by atoms with van der Waals surface area (Å²) >= 11 is 1.62. The lowest BCUT2D eigenvalue weighted by Gasteiger charge is -2.33. The summed E-state index contributed by atoms with van der Waals surface area (Å²) in [5, 5.41) is 12.0. The van der Waals surface area contributed by atoms with Gasteiger partial charge in [-0.05, 0) is 42.5 Å². The fourth-order valence-electron chi connectivity index (χ4n) is 2.41. The number of aliphatic carboxylic acids is 1.